The minimum atomic E-state index is 0.688. The Morgan fingerprint density at radius 3 is 2.63 bits per heavy atom. The molecule has 2 aromatic carbocycles. The summed E-state index contributed by atoms with van der Waals surface area (Å²) in [4.78, 5) is 4.57. The Hall–Kier alpha value is -2.07. The van der Waals surface area contributed by atoms with E-state index >= 15 is 0 Å². The Labute approximate surface area is 117 Å². The number of nitrogens with zero attached hydrogens (tertiary/aromatic N) is 3. The maximum Gasteiger partial charge on any atom is 0.183 e. The molecule has 0 spiro atoms. The normalized spacial score (nSPS) is 11.4. The van der Waals surface area contributed by atoms with Crippen molar-refractivity contribution in [2.45, 2.75) is 0 Å². The van der Waals surface area contributed by atoms with Crippen molar-refractivity contribution in [2.24, 2.45) is 0 Å². The van der Waals surface area contributed by atoms with Crippen LogP contribution in [0.5, 0.6) is 0 Å². The summed E-state index contributed by atoms with van der Waals surface area (Å²) < 4.78 is 1.05. The summed E-state index contributed by atoms with van der Waals surface area (Å²) in [7, 11) is 0. The highest BCUT2D eigenvalue weighted by molar-refractivity contribution is 9.10. The van der Waals surface area contributed by atoms with E-state index < -0.39 is 0 Å². The van der Waals surface area contributed by atoms with Crippen LogP contribution in [-0.2, 0) is 0 Å². The van der Waals surface area contributed by atoms with Gasteiger partial charge in [-0.1, -0.05) is 34.1 Å². The van der Waals surface area contributed by atoms with Crippen LogP contribution < -0.4 is 0 Å². The first-order valence-corrected chi connectivity index (χ1v) is 6.72. The van der Waals surface area contributed by atoms with Crippen molar-refractivity contribution in [3.05, 3.63) is 53.0 Å². The predicted molar refractivity (Wildman–Crippen MR) is 80.0 cm³/mol. The second kappa shape index (κ2) is 3.96. The SMILES string of the molecule is Brc1ccc2nc3nnc4ccccc4c3cc2c1. The molecular weight excluding hydrogens is 302 g/mol. The number of benzene rings is 2. The number of halogens is 1. The van der Waals surface area contributed by atoms with Crippen LogP contribution in [0.3, 0.4) is 0 Å². The van der Waals surface area contributed by atoms with Gasteiger partial charge in [-0.3, -0.25) is 0 Å². The fraction of sp³-hybridized carbons (Fsp3) is 0. The van der Waals surface area contributed by atoms with Crippen LogP contribution in [0.2, 0.25) is 0 Å². The zero-order chi connectivity index (χ0) is 12.8. The lowest BCUT2D eigenvalue weighted by Crippen LogP contribution is -1.91. The molecule has 0 radical (unpaired) electrons. The van der Waals surface area contributed by atoms with Crippen LogP contribution in [0.25, 0.3) is 32.8 Å². The number of fused-ring (bicyclic) bond motifs is 4. The van der Waals surface area contributed by atoms with Crippen molar-refractivity contribution in [3.8, 4) is 0 Å². The lowest BCUT2D eigenvalue weighted by Gasteiger charge is -2.04. The van der Waals surface area contributed by atoms with E-state index in [1.165, 1.54) is 0 Å². The van der Waals surface area contributed by atoms with Gasteiger partial charge in [0.2, 0.25) is 0 Å². The van der Waals surface area contributed by atoms with E-state index in [9.17, 15) is 0 Å². The van der Waals surface area contributed by atoms with Crippen LogP contribution >= 0.6 is 15.9 Å². The molecule has 4 heteroatoms. The highest BCUT2D eigenvalue weighted by atomic mass is 79.9. The molecule has 0 saturated carbocycles. The van der Waals surface area contributed by atoms with Crippen LogP contribution in [0, 0.1) is 0 Å². The smallest absolute Gasteiger partial charge is 0.183 e. The van der Waals surface area contributed by atoms with E-state index in [1.807, 2.05) is 30.3 Å². The lowest BCUT2D eigenvalue weighted by atomic mass is 10.1. The molecule has 0 fully saturated rings. The third-order valence-electron chi connectivity index (χ3n) is 3.20. The first-order chi connectivity index (χ1) is 9.31. The molecule has 0 N–H and O–H groups in total. The molecule has 0 bridgehead atoms. The summed E-state index contributed by atoms with van der Waals surface area (Å²) in [6.07, 6.45) is 0. The van der Waals surface area contributed by atoms with Crippen molar-refractivity contribution >= 4 is 48.8 Å². The first-order valence-electron chi connectivity index (χ1n) is 5.93. The Morgan fingerprint density at radius 2 is 1.68 bits per heavy atom. The Morgan fingerprint density at radius 1 is 0.789 bits per heavy atom. The maximum absolute atomic E-state index is 4.57. The van der Waals surface area contributed by atoms with Gasteiger partial charge < -0.3 is 0 Å². The van der Waals surface area contributed by atoms with Gasteiger partial charge in [-0.05, 0) is 30.3 Å². The van der Waals surface area contributed by atoms with E-state index in [1.54, 1.807) is 0 Å². The van der Waals surface area contributed by atoms with Gasteiger partial charge in [0.25, 0.3) is 0 Å². The topological polar surface area (TPSA) is 38.7 Å². The second-order valence-electron chi connectivity index (χ2n) is 4.41. The minimum absolute atomic E-state index is 0.688. The molecule has 0 aliphatic heterocycles. The molecule has 0 atom stereocenters. The highest BCUT2D eigenvalue weighted by Gasteiger charge is 2.06. The summed E-state index contributed by atoms with van der Waals surface area (Å²) >= 11 is 3.49. The Kier molecular flexibility index (Phi) is 2.26. The molecular formula is C15H8BrN3. The quantitative estimate of drug-likeness (QED) is 0.363. The Bertz CT molecular complexity index is 934. The van der Waals surface area contributed by atoms with Crippen LogP contribution in [0.1, 0.15) is 0 Å². The van der Waals surface area contributed by atoms with Crippen molar-refractivity contribution in [1.82, 2.24) is 15.2 Å². The molecule has 90 valence electrons. The number of hydrogen-bond acceptors (Lipinski definition) is 3. The van der Waals surface area contributed by atoms with E-state index in [-0.39, 0.29) is 0 Å². The average Bonchev–Trinajstić information content (AvgIpc) is 2.45. The van der Waals surface area contributed by atoms with Gasteiger partial charge in [-0.25, -0.2) is 4.98 Å². The lowest BCUT2D eigenvalue weighted by molar-refractivity contribution is 1.10. The van der Waals surface area contributed by atoms with Crippen molar-refractivity contribution < 1.29 is 0 Å². The maximum atomic E-state index is 4.57. The molecule has 0 aliphatic carbocycles. The third-order valence-corrected chi connectivity index (χ3v) is 3.70. The van der Waals surface area contributed by atoms with Gasteiger partial charge in [-0.2, -0.15) is 0 Å². The van der Waals surface area contributed by atoms with Crippen LogP contribution in [0.4, 0.5) is 0 Å². The average molecular weight is 310 g/mol. The fourth-order valence-corrected chi connectivity index (χ4v) is 2.68. The summed E-state index contributed by atoms with van der Waals surface area (Å²) in [5.74, 6) is 0. The number of pyridine rings is 1. The standard InChI is InChI=1S/C15H8BrN3/c16-10-5-6-13-9(7-10)8-12-11-3-1-2-4-14(11)18-19-15(12)17-13/h1-8H. The molecule has 3 nitrogen and oxygen atoms in total. The molecule has 0 saturated heterocycles. The summed E-state index contributed by atoms with van der Waals surface area (Å²) in [6.45, 7) is 0. The zero-order valence-corrected chi connectivity index (χ0v) is 11.4. The van der Waals surface area contributed by atoms with Gasteiger partial charge in [0, 0.05) is 20.6 Å². The van der Waals surface area contributed by atoms with E-state index in [0.717, 1.165) is 31.7 Å². The molecule has 0 amide bonds. The van der Waals surface area contributed by atoms with E-state index in [2.05, 4.69) is 49.3 Å². The van der Waals surface area contributed by atoms with Crippen LogP contribution in [-0.4, -0.2) is 15.2 Å². The zero-order valence-electron chi connectivity index (χ0n) is 9.84. The molecule has 4 rings (SSSR count). The Balaban J connectivity index is 2.23. The predicted octanol–water partition coefficient (Wildman–Crippen LogP) is 4.09. The monoisotopic (exact) mass is 309 g/mol. The highest BCUT2D eigenvalue weighted by Crippen LogP contribution is 2.26. The summed E-state index contributed by atoms with van der Waals surface area (Å²) in [5.41, 5.74) is 2.51. The van der Waals surface area contributed by atoms with E-state index in [0.29, 0.717) is 5.65 Å². The number of hydrogen-bond donors (Lipinski definition) is 0. The minimum Gasteiger partial charge on any atom is -0.226 e. The first kappa shape index (κ1) is 10.8. The summed E-state index contributed by atoms with van der Waals surface area (Å²) in [5, 5.41) is 11.6. The molecule has 19 heavy (non-hydrogen) atoms. The van der Waals surface area contributed by atoms with Gasteiger partial charge >= 0.3 is 0 Å². The van der Waals surface area contributed by atoms with Crippen molar-refractivity contribution in [1.29, 1.82) is 0 Å². The molecule has 0 aliphatic rings. The van der Waals surface area contributed by atoms with Crippen LogP contribution in [0.15, 0.2) is 53.0 Å². The molecule has 4 aromatic rings. The van der Waals surface area contributed by atoms with Gasteiger partial charge in [-0.15, -0.1) is 10.2 Å². The van der Waals surface area contributed by atoms with Crippen molar-refractivity contribution in [3.63, 3.8) is 0 Å². The number of rotatable bonds is 0. The van der Waals surface area contributed by atoms with Gasteiger partial charge in [0.15, 0.2) is 5.65 Å². The number of aromatic nitrogens is 3. The van der Waals surface area contributed by atoms with Gasteiger partial charge in [0.05, 0.1) is 11.0 Å². The fourth-order valence-electron chi connectivity index (χ4n) is 2.30. The molecule has 2 aromatic heterocycles. The molecule has 0 unspecified atom stereocenters. The third kappa shape index (κ3) is 1.68. The molecule has 2 heterocycles. The largest absolute Gasteiger partial charge is 0.226 e. The summed E-state index contributed by atoms with van der Waals surface area (Å²) in [6, 6.07) is 16.1. The van der Waals surface area contributed by atoms with Gasteiger partial charge in [0.1, 0.15) is 0 Å². The second-order valence-corrected chi connectivity index (χ2v) is 5.33. The van der Waals surface area contributed by atoms with E-state index in [4.69, 9.17) is 0 Å². The van der Waals surface area contributed by atoms with Crippen molar-refractivity contribution in [2.75, 3.05) is 0 Å².